The van der Waals surface area contributed by atoms with Crippen molar-refractivity contribution in [3.63, 3.8) is 0 Å². The summed E-state index contributed by atoms with van der Waals surface area (Å²) in [7, 11) is 0. The summed E-state index contributed by atoms with van der Waals surface area (Å²) in [6.07, 6.45) is 6.37. The van der Waals surface area contributed by atoms with Gasteiger partial charge in [-0.3, -0.25) is 0 Å². The maximum Gasteiger partial charge on any atom is 2.00 e. The molecule has 4 aromatic rings. The minimum absolute atomic E-state index is 0. The van der Waals surface area contributed by atoms with Gasteiger partial charge in [-0.25, -0.2) is 0 Å². The van der Waals surface area contributed by atoms with Crippen molar-refractivity contribution in [2.45, 2.75) is 52.4 Å². The molecule has 40 heavy (non-hydrogen) atoms. The van der Waals surface area contributed by atoms with Crippen molar-refractivity contribution in [3.8, 4) is 0 Å². The van der Waals surface area contributed by atoms with Crippen molar-refractivity contribution < 1.29 is 35.8 Å². The van der Waals surface area contributed by atoms with Gasteiger partial charge in [0, 0.05) is 26.2 Å². The van der Waals surface area contributed by atoms with E-state index in [1.54, 1.807) is 13.8 Å². The fraction of sp³-hybridized carbons (Fsp3) is 0.375. The molecule has 0 aromatic heterocycles. The number of carbonyl (C=O) groups excluding carboxylic acids is 2. The zero-order chi connectivity index (χ0) is 27.5. The van der Waals surface area contributed by atoms with Crippen molar-refractivity contribution in [2.75, 3.05) is 36.0 Å². The van der Waals surface area contributed by atoms with Crippen LogP contribution in [0.2, 0.25) is 0 Å². The summed E-state index contributed by atoms with van der Waals surface area (Å²) in [6.45, 7) is 8.50. The largest absolute Gasteiger partial charge is 2.00 e. The average Bonchev–Trinajstić information content (AvgIpc) is 3.79. The minimum atomic E-state index is -1.32. The minimum Gasteiger partial charge on any atom is -0.417 e. The number of fused-ring (bicyclic) bond motifs is 2. The summed E-state index contributed by atoms with van der Waals surface area (Å²) in [6, 6.07) is 26.3. The number of hydrogen-bond donors (Lipinski definition) is 2. The molecule has 6 rings (SSSR count). The van der Waals surface area contributed by atoms with Crippen molar-refractivity contribution in [3.05, 3.63) is 72.8 Å². The van der Waals surface area contributed by atoms with E-state index in [2.05, 4.69) is 89.2 Å². The summed E-state index contributed by atoms with van der Waals surface area (Å²) in [5, 5.41) is 5.56. The predicted octanol–water partition coefficient (Wildman–Crippen LogP) is 5.89. The van der Waals surface area contributed by atoms with Crippen LogP contribution in [-0.4, -0.2) is 61.5 Å². The Morgan fingerprint density at radius 2 is 1.07 bits per heavy atom. The van der Waals surface area contributed by atoms with E-state index in [4.69, 9.17) is 0 Å². The molecule has 2 heterocycles. The average molecular weight is 719 g/mol. The number of carbonyl (C=O) groups is 2. The molecule has 2 fully saturated rings. The molecule has 6 nitrogen and oxygen atoms in total. The fourth-order valence-corrected chi connectivity index (χ4v) is 7.43. The fourth-order valence-electron chi connectivity index (χ4n) is 5.14. The second-order valence-corrected chi connectivity index (χ2v) is 12.5. The van der Waals surface area contributed by atoms with Crippen molar-refractivity contribution in [2.24, 2.45) is 0 Å². The van der Waals surface area contributed by atoms with Crippen molar-refractivity contribution in [1.29, 1.82) is 0 Å². The maximum absolute atomic E-state index is 10.7. The molecule has 2 saturated heterocycles. The van der Waals surface area contributed by atoms with Gasteiger partial charge in [0.2, 0.25) is 0 Å². The Morgan fingerprint density at radius 1 is 0.700 bits per heavy atom. The van der Waals surface area contributed by atoms with Gasteiger partial charge < -0.3 is 9.80 Å². The Hall–Kier alpha value is -2.05. The second-order valence-electron chi connectivity index (χ2n) is 9.99. The topological polar surface area (TPSA) is 64.7 Å². The first kappa shape index (κ1) is 32.5. The Bertz CT molecular complexity index is 1240. The normalized spacial score (nSPS) is 14.1. The second kappa shape index (κ2) is 17.0. The smallest absolute Gasteiger partial charge is 0.417 e. The molecule has 2 aliphatic rings. The summed E-state index contributed by atoms with van der Waals surface area (Å²) in [5.74, 6) is 0.0604. The number of nitrogens with zero attached hydrogens (tertiary/aromatic N) is 2. The zero-order valence-corrected chi connectivity index (χ0v) is 29.5. The van der Waals surface area contributed by atoms with Crippen LogP contribution < -0.4 is 16.4 Å². The van der Waals surface area contributed by atoms with Gasteiger partial charge in [-0.05, 0) is 25.7 Å². The first-order valence-corrected chi connectivity index (χ1v) is 17.6. The van der Waals surface area contributed by atoms with E-state index in [1.807, 2.05) is 0 Å². The number of rotatable bonds is 6. The Balaban J connectivity index is 0.000000165. The first-order chi connectivity index (χ1) is 19.1. The molecule has 0 aliphatic carbocycles. The summed E-state index contributed by atoms with van der Waals surface area (Å²) < 4.78 is 5.43. The molecule has 207 valence electrons. The van der Waals surface area contributed by atoms with Crippen molar-refractivity contribution in [1.82, 2.24) is 6.61 Å². The van der Waals surface area contributed by atoms with Gasteiger partial charge in [0.05, 0.1) is 0 Å². The van der Waals surface area contributed by atoms with E-state index in [0.29, 0.717) is 12.8 Å². The number of anilines is 2. The molecular weight excluding hydrogens is 678 g/mol. The monoisotopic (exact) mass is 717 g/mol. The van der Waals surface area contributed by atoms with Crippen LogP contribution in [0.4, 0.5) is 11.4 Å². The van der Waals surface area contributed by atoms with E-state index in [0.717, 1.165) is 0 Å². The van der Waals surface area contributed by atoms with Crippen LogP contribution in [0.1, 0.15) is 52.4 Å². The third-order valence-corrected chi connectivity index (χ3v) is 9.98. The molecule has 0 unspecified atom stereocenters. The molecule has 0 bridgehead atoms. The van der Waals surface area contributed by atoms with E-state index in [9.17, 15) is 9.59 Å². The predicted molar refractivity (Wildman–Crippen MR) is 165 cm³/mol. The van der Waals surface area contributed by atoms with E-state index in [1.165, 1.54) is 84.8 Å². The van der Waals surface area contributed by atoms with Crippen LogP contribution in [-0.2, 0) is 35.8 Å². The van der Waals surface area contributed by atoms with Crippen LogP contribution in [0.5, 0.6) is 0 Å². The number of hydrogen-bond acceptors (Lipinski definition) is 4. The molecule has 0 saturated carbocycles. The number of amides is 2. The molecule has 2 aliphatic heterocycles. The Kier molecular flexibility index (Phi) is 13.8. The molecule has 8 heteroatoms. The summed E-state index contributed by atoms with van der Waals surface area (Å²) in [4.78, 5) is 26.3. The first-order valence-electron chi connectivity index (χ1n) is 14.3. The number of nitrogens with one attached hydrogen (secondary N) is 2. The third kappa shape index (κ3) is 8.98. The zero-order valence-electron chi connectivity index (χ0n) is 23.8. The Labute approximate surface area is 269 Å². The number of benzene rings is 2. The van der Waals surface area contributed by atoms with Gasteiger partial charge in [-0.1, -0.05) is 23.5 Å². The van der Waals surface area contributed by atoms with Crippen LogP contribution in [0.3, 0.4) is 0 Å². The molecule has 2 N–H and O–H groups in total. The third-order valence-electron chi connectivity index (χ3n) is 7.32. The van der Waals surface area contributed by atoms with E-state index < -0.39 is 23.5 Å². The van der Waals surface area contributed by atoms with Gasteiger partial charge in [0.15, 0.2) is 0 Å². The van der Waals surface area contributed by atoms with Crippen LogP contribution >= 0.6 is 0 Å². The quantitative estimate of drug-likeness (QED) is 0.245. The van der Waals surface area contributed by atoms with Crippen LogP contribution in [0.25, 0.3) is 21.5 Å². The van der Waals surface area contributed by atoms with Crippen molar-refractivity contribution >= 4 is 68.2 Å². The van der Waals surface area contributed by atoms with Gasteiger partial charge in [-0.2, -0.15) is 0 Å². The molecule has 0 atom stereocenters. The van der Waals surface area contributed by atoms with E-state index in [-0.39, 0.29) is 38.0 Å². The standard InChI is InChI=1S/2C13H14N.2C3H7NO.In.Zr/c2*1-2-6-12-11(5-1)7-8-13(12)14-9-3-4-10-14;2*1-2-3(4)5;;/h2*1-2,5-8H,3-4,9-10H2;2*2H2,1H3,(H2,4,5);;/q2*-1;;;2*+2/p-2. The maximum atomic E-state index is 10.7. The van der Waals surface area contributed by atoms with Gasteiger partial charge in [0.25, 0.3) is 0 Å². The summed E-state index contributed by atoms with van der Waals surface area (Å²) >= 11 is -1.32. The Morgan fingerprint density at radius 3 is 1.45 bits per heavy atom. The molecule has 1 radical (unpaired) electrons. The molecule has 2 amide bonds. The van der Waals surface area contributed by atoms with Gasteiger partial charge >= 0.3 is 104 Å². The molecule has 4 aromatic carbocycles. The summed E-state index contributed by atoms with van der Waals surface area (Å²) in [5.41, 5.74) is 2.86. The SMILES string of the molecule is CCC(=O)[NH][In][NH]C(=O)CC.[Zr+2].c1ccc2c(N3CCCC3)c[cH-]c2c1.c1ccc2c(N3CCCC3)c[cH-]c2c1. The van der Waals surface area contributed by atoms with Gasteiger partial charge in [-0.15, -0.1) is 82.2 Å². The molecule has 0 spiro atoms. The van der Waals surface area contributed by atoms with Crippen LogP contribution in [0, 0.1) is 0 Å². The van der Waals surface area contributed by atoms with Gasteiger partial charge in [0.1, 0.15) is 0 Å². The van der Waals surface area contributed by atoms with Crippen LogP contribution in [0.15, 0.2) is 72.8 Å². The van der Waals surface area contributed by atoms with E-state index >= 15 is 0 Å². The molecular formula is C32H40InN4O2Zr.